The van der Waals surface area contributed by atoms with Crippen LogP contribution in [0.4, 0.5) is 5.69 Å². The van der Waals surface area contributed by atoms with E-state index in [9.17, 15) is 4.79 Å². The van der Waals surface area contributed by atoms with Crippen LogP contribution in [0.1, 0.15) is 12.5 Å². The molecule has 92 valence electrons. The van der Waals surface area contributed by atoms with E-state index in [2.05, 4.69) is 20.8 Å². The lowest BCUT2D eigenvalue weighted by Crippen LogP contribution is -2.08. The molecular formula is C12H13N5O. The summed E-state index contributed by atoms with van der Waals surface area (Å²) >= 11 is 0. The van der Waals surface area contributed by atoms with Crippen molar-refractivity contribution in [2.45, 2.75) is 13.8 Å². The number of hydrogen-bond acceptors (Lipinski definition) is 4. The second-order valence-corrected chi connectivity index (χ2v) is 3.74. The Bertz CT molecular complexity index is 574. The summed E-state index contributed by atoms with van der Waals surface area (Å²) in [5.41, 5.74) is 2.59. The minimum atomic E-state index is -0.146. The summed E-state index contributed by atoms with van der Waals surface area (Å²) in [5, 5.41) is 13.8. The predicted octanol–water partition coefficient (Wildman–Crippen LogP) is 1.49. The van der Waals surface area contributed by atoms with Gasteiger partial charge in [0.1, 0.15) is 6.33 Å². The molecule has 0 aliphatic rings. The van der Waals surface area contributed by atoms with E-state index in [0.29, 0.717) is 0 Å². The lowest BCUT2D eigenvalue weighted by Gasteiger charge is -2.07. The van der Waals surface area contributed by atoms with Crippen LogP contribution in [-0.2, 0) is 4.79 Å². The molecule has 0 fully saturated rings. The van der Waals surface area contributed by atoms with Crippen molar-refractivity contribution in [3.05, 3.63) is 42.2 Å². The zero-order chi connectivity index (χ0) is 13.0. The first-order valence-electron chi connectivity index (χ1n) is 5.48. The number of rotatable bonds is 3. The van der Waals surface area contributed by atoms with Gasteiger partial charge in [0.15, 0.2) is 0 Å². The molecule has 0 aliphatic heterocycles. The molecular weight excluding hydrogens is 230 g/mol. The van der Waals surface area contributed by atoms with Gasteiger partial charge in [-0.15, -0.1) is 5.10 Å². The van der Waals surface area contributed by atoms with Crippen LogP contribution in [0, 0.1) is 6.92 Å². The maximum Gasteiger partial charge on any atom is 0.248 e. The summed E-state index contributed by atoms with van der Waals surface area (Å²) in [4.78, 5) is 11.4. The molecule has 0 saturated heterocycles. The molecule has 0 atom stereocenters. The van der Waals surface area contributed by atoms with Crippen LogP contribution >= 0.6 is 0 Å². The number of aromatic nitrogens is 4. The molecule has 2 rings (SSSR count). The minimum absolute atomic E-state index is 0.146. The molecule has 0 saturated carbocycles. The molecule has 1 amide bonds. The minimum Gasteiger partial charge on any atom is -0.323 e. The van der Waals surface area contributed by atoms with Crippen molar-refractivity contribution in [1.29, 1.82) is 0 Å². The van der Waals surface area contributed by atoms with Crippen molar-refractivity contribution in [3.8, 4) is 5.69 Å². The van der Waals surface area contributed by atoms with Crippen LogP contribution in [0.15, 0.2) is 36.7 Å². The maximum atomic E-state index is 11.4. The summed E-state index contributed by atoms with van der Waals surface area (Å²) in [5.74, 6) is -0.146. The molecule has 0 spiro atoms. The van der Waals surface area contributed by atoms with Gasteiger partial charge >= 0.3 is 0 Å². The van der Waals surface area contributed by atoms with E-state index in [-0.39, 0.29) is 5.91 Å². The topological polar surface area (TPSA) is 72.7 Å². The van der Waals surface area contributed by atoms with E-state index < -0.39 is 0 Å². The zero-order valence-corrected chi connectivity index (χ0v) is 10.2. The molecule has 6 nitrogen and oxygen atoms in total. The Balaban J connectivity index is 2.23. The van der Waals surface area contributed by atoms with Gasteiger partial charge < -0.3 is 5.32 Å². The van der Waals surface area contributed by atoms with Crippen molar-refractivity contribution in [3.63, 3.8) is 0 Å². The fourth-order valence-corrected chi connectivity index (χ4v) is 1.60. The standard InChI is InChI=1S/C12H13N5O/c1-3-4-12(18)14-10-5-6-11(9(2)7-10)17-8-13-15-16-17/h3-8H,1-2H3,(H,14,18)/b4-3+. The van der Waals surface area contributed by atoms with Gasteiger partial charge in [0.2, 0.25) is 5.91 Å². The smallest absolute Gasteiger partial charge is 0.248 e. The molecule has 0 aliphatic carbocycles. The van der Waals surface area contributed by atoms with Crippen LogP contribution < -0.4 is 5.32 Å². The van der Waals surface area contributed by atoms with E-state index in [1.165, 1.54) is 12.4 Å². The Morgan fingerprint density at radius 1 is 1.44 bits per heavy atom. The Morgan fingerprint density at radius 2 is 2.28 bits per heavy atom. The normalized spacial score (nSPS) is 10.8. The quantitative estimate of drug-likeness (QED) is 0.829. The van der Waals surface area contributed by atoms with Gasteiger partial charge in [-0.1, -0.05) is 6.08 Å². The van der Waals surface area contributed by atoms with Crippen LogP contribution in [0.5, 0.6) is 0 Å². The third kappa shape index (κ3) is 2.60. The molecule has 2 aromatic rings. The van der Waals surface area contributed by atoms with Crippen molar-refractivity contribution >= 4 is 11.6 Å². The lowest BCUT2D eigenvalue weighted by atomic mass is 10.2. The number of benzene rings is 1. The Morgan fingerprint density at radius 3 is 2.89 bits per heavy atom. The number of amides is 1. The number of aryl methyl sites for hydroxylation is 1. The number of tetrazole rings is 1. The van der Waals surface area contributed by atoms with Crippen molar-refractivity contribution in [2.24, 2.45) is 0 Å². The van der Waals surface area contributed by atoms with Gasteiger partial charge in [0.25, 0.3) is 0 Å². The molecule has 0 bridgehead atoms. The van der Waals surface area contributed by atoms with E-state index >= 15 is 0 Å². The van der Waals surface area contributed by atoms with Gasteiger partial charge in [-0.05, 0) is 54.1 Å². The van der Waals surface area contributed by atoms with Gasteiger partial charge in [-0.2, -0.15) is 0 Å². The SMILES string of the molecule is C/C=C/C(=O)Nc1ccc(-n2cnnn2)c(C)c1. The largest absolute Gasteiger partial charge is 0.323 e. The summed E-state index contributed by atoms with van der Waals surface area (Å²) in [6, 6.07) is 5.54. The number of carbonyl (C=O) groups is 1. The molecule has 1 aromatic carbocycles. The third-order valence-corrected chi connectivity index (χ3v) is 2.38. The van der Waals surface area contributed by atoms with Gasteiger partial charge in [-0.25, -0.2) is 4.68 Å². The zero-order valence-electron chi connectivity index (χ0n) is 10.2. The first kappa shape index (κ1) is 12.0. The average molecular weight is 243 g/mol. The average Bonchev–Trinajstić information content (AvgIpc) is 2.82. The Hall–Kier alpha value is -2.50. The van der Waals surface area contributed by atoms with Crippen LogP contribution in [-0.4, -0.2) is 26.1 Å². The number of allylic oxidation sites excluding steroid dienone is 1. The van der Waals surface area contributed by atoms with Crippen LogP contribution in [0.25, 0.3) is 5.69 Å². The first-order chi connectivity index (χ1) is 8.70. The second kappa shape index (κ2) is 5.22. The van der Waals surface area contributed by atoms with E-state index in [1.54, 1.807) is 17.7 Å². The van der Waals surface area contributed by atoms with Gasteiger partial charge in [0, 0.05) is 5.69 Å². The highest BCUT2D eigenvalue weighted by Gasteiger charge is 2.04. The Kier molecular flexibility index (Phi) is 3.47. The van der Waals surface area contributed by atoms with Gasteiger partial charge in [0.05, 0.1) is 5.69 Å². The number of carbonyl (C=O) groups excluding carboxylic acids is 1. The van der Waals surface area contributed by atoms with E-state index in [0.717, 1.165) is 16.9 Å². The fraction of sp³-hybridized carbons (Fsp3) is 0.167. The summed E-state index contributed by atoms with van der Waals surface area (Å²) < 4.78 is 1.58. The van der Waals surface area contributed by atoms with E-state index in [4.69, 9.17) is 0 Å². The first-order valence-corrected chi connectivity index (χ1v) is 5.48. The van der Waals surface area contributed by atoms with Crippen molar-refractivity contribution in [2.75, 3.05) is 5.32 Å². The second-order valence-electron chi connectivity index (χ2n) is 3.74. The highest BCUT2D eigenvalue weighted by molar-refractivity contribution is 5.99. The van der Waals surface area contributed by atoms with Crippen molar-refractivity contribution in [1.82, 2.24) is 20.2 Å². The number of anilines is 1. The van der Waals surface area contributed by atoms with E-state index in [1.807, 2.05) is 25.1 Å². The van der Waals surface area contributed by atoms with Crippen LogP contribution in [0.3, 0.4) is 0 Å². The monoisotopic (exact) mass is 243 g/mol. The Labute approximate surface area is 104 Å². The highest BCUT2D eigenvalue weighted by atomic mass is 16.1. The molecule has 0 radical (unpaired) electrons. The van der Waals surface area contributed by atoms with Gasteiger partial charge in [-0.3, -0.25) is 4.79 Å². The van der Waals surface area contributed by atoms with Crippen LogP contribution in [0.2, 0.25) is 0 Å². The molecule has 1 aromatic heterocycles. The number of hydrogen-bond donors (Lipinski definition) is 1. The molecule has 1 N–H and O–H groups in total. The predicted molar refractivity (Wildman–Crippen MR) is 67.3 cm³/mol. The highest BCUT2D eigenvalue weighted by Crippen LogP contribution is 2.17. The molecule has 6 heteroatoms. The lowest BCUT2D eigenvalue weighted by molar-refractivity contribution is -0.111. The number of nitrogens with zero attached hydrogens (tertiary/aromatic N) is 4. The molecule has 1 heterocycles. The molecule has 18 heavy (non-hydrogen) atoms. The summed E-state index contributed by atoms with van der Waals surface area (Å²) in [6.07, 6.45) is 4.70. The third-order valence-electron chi connectivity index (χ3n) is 2.38. The maximum absolute atomic E-state index is 11.4. The summed E-state index contributed by atoms with van der Waals surface area (Å²) in [7, 11) is 0. The molecule has 0 unspecified atom stereocenters. The fourth-order valence-electron chi connectivity index (χ4n) is 1.60. The van der Waals surface area contributed by atoms with Crippen molar-refractivity contribution < 1.29 is 4.79 Å². The number of nitrogens with one attached hydrogen (secondary N) is 1. The summed E-state index contributed by atoms with van der Waals surface area (Å²) in [6.45, 7) is 3.73.